The molecule has 1 aliphatic carbocycles. The summed E-state index contributed by atoms with van der Waals surface area (Å²) in [5, 5.41) is 9.01. The normalized spacial score (nSPS) is 17.9. The van der Waals surface area contributed by atoms with Crippen LogP contribution in [0.25, 0.3) is 0 Å². The molecule has 102 valence electrons. The number of nitrogens with one attached hydrogen (secondary N) is 1. The van der Waals surface area contributed by atoms with Gasteiger partial charge in [0, 0.05) is 11.4 Å². The Morgan fingerprint density at radius 2 is 2.28 bits per heavy atom. The van der Waals surface area contributed by atoms with Gasteiger partial charge in [-0.1, -0.05) is 6.92 Å². The largest absolute Gasteiger partial charge is 0.391 e. The van der Waals surface area contributed by atoms with Gasteiger partial charge in [-0.25, -0.2) is 13.1 Å². The fourth-order valence-corrected chi connectivity index (χ4v) is 5.49. The van der Waals surface area contributed by atoms with Gasteiger partial charge in [-0.2, -0.15) is 0 Å². The third-order valence-corrected chi connectivity index (χ3v) is 6.83. The molecule has 18 heavy (non-hydrogen) atoms. The summed E-state index contributed by atoms with van der Waals surface area (Å²) in [7, 11) is -3.48. The van der Waals surface area contributed by atoms with Crippen LogP contribution in [0.1, 0.15) is 24.6 Å². The lowest BCUT2D eigenvalue weighted by molar-refractivity contribution is 0.285. The Morgan fingerprint density at radius 1 is 1.61 bits per heavy atom. The number of thiophene rings is 1. The fraction of sp³-hybridized carbons (Fsp3) is 0.636. The van der Waals surface area contributed by atoms with Crippen molar-refractivity contribution in [2.24, 2.45) is 11.8 Å². The summed E-state index contributed by atoms with van der Waals surface area (Å²) >= 11 is 4.47. The van der Waals surface area contributed by atoms with Crippen molar-refractivity contribution >= 4 is 37.3 Å². The average Bonchev–Trinajstić information content (AvgIpc) is 3.09. The summed E-state index contributed by atoms with van der Waals surface area (Å²) in [6.45, 7) is 2.41. The van der Waals surface area contributed by atoms with Crippen molar-refractivity contribution in [3.8, 4) is 0 Å². The molecule has 0 spiro atoms. The molecule has 2 rings (SSSR count). The van der Waals surface area contributed by atoms with E-state index < -0.39 is 10.0 Å². The number of hydrogen-bond acceptors (Lipinski definition) is 4. The first kappa shape index (κ1) is 14.5. The molecule has 0 amide bonds. The zero-order valence-electron chi connectivity index (χ0n) is 10.0. The molecule has 7 heteroatoms. The Bertz CT molecular complexity index is 522. The van der Waals surface area contributed by atoms with E-state index in [2.05, 4.69) is 27.6 Å². The van der Waals surface area contributed by atoms with Crippen LogP contribution in [0, 0.1) is 11.8 Å². The Hall–Kier alpha value is 0.0500. The van der Waals surface area contributed by atoms with E-state index in [1.807, 2.05) is 0 Å². The zero-order valence-corrected chi connectivity index (χ0v) is 13.2. The Kier molecular flexibility index (Phi) is 4.48. The van der Waals surface area contributed by atoms with Crippen LogP contribution >= 0.6 is 27.3 Å². The Labute approximate surface area is 120 Å². The Morgan fingerprint density at radius 3 is 2.78 bits per heavy atom. The van der Waals surface area contributed by atoms with Crippen molar-refractivity contribution in [2.75, 3.05) is 6.54 Å². The number of rotatable bonds is 6. The summed E-state index contributed by atoms with van der Waals surface area (Å²) in [4.78, 5) is 0.858. The van der Waals surface area contributed by atoms with Crippen LogP contribution in [-0.4, -0.2) is 20.1 Å². The number of hydrogen-bond donors (Lipinski definition) is 2. The first-order valence-electron chi connectivity index (χ1n) is 5.82. The van der Waals surface area contributed by atoms with E-state index in [4.69, 9.17) is 5.11 Å². The molecule has 0 aliphatic heterocycles. The van der Waals surface area contributed by atoms with Crippen molar-refractivity contribution in [1.82, 2.24) is 4.72 Å². The SMILES string of the molecule is CC(CNS(=O)(=O)c1cc(CO)sc1Br)C1CC1. The van der Waals surface area contributed by atoms with E-state index >= 15 is 0 Å². The molecular formula is C11H16BrNO3S2. The van der Waals surface area contributed by atoms with Crippen molar-refractivity contribution in [1.29, 1.82) is 0 Å². The van der Waals surface area contributed by atoms with Crippen LogP contribution in [0.15, 0.2) is 14.7 Å². The highest BCUT2D eigenvalue weighted by atomic mass is 79.9. The molecule has 1 atom stereocenters. The predicted molar refractivity (Wildman–Crippen MR) is 75.0 cm³/mol. The van der Waals surface area contributed by atoms with Crippen molar-refractivity contribution in [3.63, 3.8) is 0 Å². The molecule has 0 saturated heterocycles. The second kappa shape index (κ2) is 5.58. The highest BCUT2D eigenvalue weighted by Gasteiger charge is 2.29. The number of sulfonamides is 1. The summed E-state index contributed by atoms with van der Waals surface area (Å²) < 4.78 is 27.4. The second-order valence-corrected chi connectivity index (χ2v) is 8.87. The summed E-state index contributed by atoms with van der Waals surface area (Å²) in [5.41, 5.74) is 0. The molecule has 1 aliphatic rings. The maximum atomic E-state index is 12.1. The van der Waals surface area contributed by atoms with Crippen molar-refractivity contribution in [3.05, 3.63) is 14.7 Å². The van der Waals surface area contributed by atoms with E-state index in [-0.39, 0.29) is 11.5 Å². The minimum Gasteiger partial charge on any atom is -0.391 e. The van der Waals surface area contributed by atoms with Crippen LogP contribution in [-0.2, 0) is 16.6 Å². The van der Waals surface area contributed by atoms with Crippen LogP contribution in [0.5, 0.6) is 0 Å². The lowest BCUT2D eigenvalue weighted by Crippen LogP contribution is -2.29. The third kappa shape index (κ3) is 3.33. The second-order valence-electron chi connectivity index (χ2n) is 4.68. The third-order valence-electron chi connectivity index (χ3n) is 3.17. The zero-order chi connectivity index (χ0) is 13.3. The molecule has 1 aromatic heterocycles. The smallest absolute Gasteiger partial charge is 0.242 e. The van der Waals surface area contributed by atoms with Crippen molar-refractivity contribution < 1.29 is 13.5 Å². The molecule has 2 N–H and O–H groups in total. The van der Waals surface area contributed by atoms with E-state index in [0.29, 0.717) is 27.0 Å². The van der Waals surface area contributed by atoms with Gasteiger partial charge in [0.1, 0.15) is 4.90 Å². The molecule has 1 fully saturated rings. The standard InChI is InChI=1S/C11H16BrNO3S2/c1-7(8-2-3-8)5-13-18(15,16)10-4-9(6-14)17-11(10)12/h4,7-8,13-14H,2-3,5-6H2,1H3. The van der Waals surface area contributed by atoms with E-state index in [0.717, 1.165) is 0 Å². The van der Waals surface area contributed by atoms with Crippen LogP contribution < -0.4 is 4.72 Å². The summed E-state index contributed by atoms with van der Waals surface area (Å²) in [6, 6.07) is 1.51. The number of aliphatic hydroxyl groups excluding tert-OH is 1. The van der Waals surface area contributed by atoms with Gasteiger partial charge in [-0.3, -0.25) is 0 Å². The number of aliphatic hydroxyl groups is 1. The van der Waals surface area contributed by atoms with Gasteiger partial charge in [0.2, 0.25) is 10.0 Å². The average molecular weight is 354 g/mol. The van der Waals surface area contributed by atoms with Gasteiger partial charge in [0.05, 0.1) is 10.4 Å². The summed E-state index contributed by atoms with van der Waals surface area (Å²) in [5.74, 6) is 1.06. The molecular weight excluding hydrogens is 338 g/mol. The molecule has 1 unspecified atom stereocenters. The van der Waals surface area contributed by atoms with Gasteiger partial charge < -0.3 is 5.11 Å². The minimum absolute atomic E-state index is 0.142. The van der Waals surface area contributed by atoms with E-state index in [1.54, 1.807) is 0 Å². The van der Waals surface area contributed by atoms with Gasteiger partial charge in [0.15, 0.2) is 0 Å². The lowest BCUT2D eigenvalue weighted by atomic mass is 10.1. The highest BCUT2D eigenvalue weighted by Crippen LogP contribution is 2.36. The molecule has 0 bridgehead atoms. The highest BCUT2D eigenvalue weighted by molar-refractivity contribution is 9.11. The molecule has 1 aromatic rings. The lowest BCUT2D eigenvalue weighted by Gasteiger charge is -2.11. The number of halogens is 1. The molecule has 1 heterocycles. The fourth-order valence-electron chi connectivity index (χ4n) is 1.81. The monoisotopic (exact) mass is 353 g/mol. The molecule has 0 radical (unpaired) electrons. The van der Waals surface area contributed by atoms with Crippen molar-refractivity contribution in [2.45, 2.75) is 31.3 Å². The van der Waals surface area contributed by atoms with Crippen LogP contribution in [0.3, 0.4) is 0 Å². The van der Waals surface area contributed by atoms with Gasteiger partial charge in [-0.15, -0.1) is 11.3 Å². The predicted octanol–water partition coefficient (Wildman–Crippen LogP) is 2.33. The molecule has 1 saturated carbocycles. The van der Waals surface area contributed by atoms with Gasteiger partial charge >= 0.3 is 0 Å². The maximum Gasteiger partial charge on any atom is 0.242 e. The first-order chi connectivity index (χ1) is 8.44. The molecule has 4 nitrogen and oxygen atoms in total. The quantitative estimate of drug-likeness (QED) is 0.824. The minimum atomic E-state index is -3.48. The molecule has 0 aromatic carbocycles. The van der Waals surface area contributed by atoms with E-state index in [9.17, 15) is 8.42 Å². The first-order valence-corrected chi connectivity index (χ1v) is 8.92. The van der Waals surface area contributed by atoms with E-state index in [1.165, 1.54) is 30.2 Å². The Balaban J connectivity index is 2.06. The van der Waals surface area contributed by atoms with Gasteiger partial charge in [0.25, 0.3) is 0 Å². The van der Waals surface area contributed by atoms with Crippen LogP contribution in [0.4, 0.5) is 0 Å². The maximum absolute atomic E-state index is 12.1. The topological polar surface area (TPSA) is 66.4 Å². The van der Waals surface area contributed by atoms with Gasteiger partial charge in [-0.05, 0) is 46.7 Å². The summed E-state index contributed by atoms with van der Waals surface area (Å²) in [6.07, 6.45) is 2.42. The van der Waals surface area contributed by atoms with Crippen LogP contribution in [0.2, 0.25) is 0 Å².